The predicted octanol–water partition coefficient (Wildman–Crippen LogP) is 0.874. The third-order valence-corrected chi connectivity index (χ3v) is 7.96. The van der Waals surface area contributed by atoms with Gasteiger partial charge in [0.2, 0.25) is 5.95 Å². The summed E-state index contributed by atoms with van der Waals surface area (Å²) in [6.45, 7) is 1.67. The molecule has 12 nitrogen and oxygen atoms in total. The maximum atomic E-state index is 12.8. The van der Waals surface area contributed by atoms with Crippen molar-refractivity contribution < 1.29 is 17.9 Å². The fourth-order valence-corrected chi connectivity index (χ4v) is 6.03. The van der Waals surface area contributed by atoms with Crippen LogP contribution in [0.4, 0.5) is 17.5 Å². The van der Waals surface area contributed by atoms with Crippen molar-refractivity contribution in [2.45, 2.75) is 43.6 Å². The Morgan fingerprint density at radius 2 is 1.82 bits per heavy atom. The Labute approximate surface area is 197 Å². The van der Waals surface area contributed by atoms with Gasteiger partial charge in [-0.25, -0.2) is 4.98 Å². The molecule has 4 atom stereocenters. The predicted molar refractivity (Wildman–Crippen MR) is 122 cm³/mol. The highest BCUT2D eigenvalue weighted by molar-refractivity contribution is 7.87. The Kier molecular flexibility index (Phi) is 6.42. The molecular weight excluding hydrogens is 472 g/mol. The van der Waals surface area contributed by atoms with Crippen LogP contribution in [0.1, 0.15) is 19.3 Å². The molecule has 3 saturated heterocycles. The molecule has 2 aromatic heterocycles. The normalized spacial score (nSPS) is 28.1. The van der Waals surface area contributed by atoms with E-state index in [-0.39, 0.29) is 18.8 Å². The third-order valence-electron chi connectivity index (χ3n) is 6.04. The number of hydrogen-bond acceptors (Lipinski definition) is 9. The second-order valence-electron chi connectivity index (χ2n) is 8.45. The van der Waals surface area contributed by atoms with Crippen LogP contribution in [0, 0.1) is 0 Å². The zero-order valence-corrected chi connectivity index (χ0v) is 19.7. The molecule has 33 heavy (non-hydrogen) atoms. The van der Waals surface area contributed by atoms with Gasteiger partial charge in [0.05, 0.1) is 43.4 Å². The quantitative estimate of drug-likeness (QED) is 0.508. The summed E-state index contributed by atoms with van der Waals surface area (Å²) in [6, 6.07) is -0.685. The van der Waals surface area contributed by atoms with Gasteiger partial charge >= 0.3 is 0 Å². The summed E-state index contributed by atoms with van der Waals surface area (Å²) in [5.74, 6) is 0.804. The lowest BCUT2D eigenvalue weighted by molar-refractivity contribution is 0.0689. The molecule has 0 spiro atoms. The molecule has 2 unspecified atom stereocenters. The van der Waals surface area contributed by atoms with Crippen LogP contribution < -0.4 is 15.4 Å². The molecule has 0 radical (unpaired) electrons. The number of nitrogens with zero attached hydrogens (tertiary/aromatic N) is 5. The molecule has 0 amide bonds. The lowest BCUT2D eigenvalue weighted by Gasteiger charge is -2.28. The van der Waals surface area contributed by atoms with Crippen molar-refractivity contribution in [1.29, 1.82) is 0 Å². The van der Waals surface area contributed by atoms with E-state index in [4.69, 9.17) is 21.1 Å². The van der Waals surface area contributed by atoms with Crippen molar-refractivity contribution in [3.05, 3.63) is 23.6 Å². The molecule has 3 fully saturated rings. The van der Waals surface area contributed by atoms with Crippen LogP contribution >= 0.6 is 11.6 Å². The monoisotopic (exact) mass is 498 g/mol. The van der Waals surface area contributed by atoms with Crippen LogP contribution in [-0.2, 0) is 26.7 Å². The molecule has 3 N–H and O–H groups in total. The smallest absolute Gasteiger partial charge is 0.279 e. The summed E-state index contributed by atoms with van der Waals surface area (Å²) in [6.07, 6.45) is 7.08. The van der Waals surface area contributed by atoms with Crippen LogP contribution in [0.15, 0.2) is 18.6 Å². The summed E-state index contributed by atoms with van der Waals surface area (Å²) < 4.78 is 43.4. The van der Waals surface area contributed by atoms with E-state index in [0.717, 1.165) is 24.9 Å². The van der Waals surface area contributed by atoms with E-state index in [9.17, 15) is 8.42 Å². The summed E-state index contributed by atoms with van der Waals surface area (Å²) in [5.41, 5.74) is 0.748. The molecule has 0 aliphatic carbocycles. The van der Waals surface area contributed by atoms with Gasteiger partial charge in [0.1, 0.15) is 17.2 Å². The van der Waals surface area contributed by atoms with Crippen LogP contribution in [0.5, 0.6) is 0 Å². The van der Waals surface area contributed by atoms with Crippen molar-refractivity contribution in [1.82, 2.24) is 28.8 Å². The standard InChI is InChI=1S/C19H27ClN8O4S/c1-27-9-12(7-22-27)23-19-21-8-13(20)18(25-19)24-14-10-31-17-15(11-32-16(14)17)26-33(29,30)28-5-3-2-4-6-28/h7-9,14-17,26H,2-6,10-11H2,1H3,(H2,21,23,24,25)/t14-,15+,16?,17?/m1/s1. The molecule has 0 saturated carbocycles. The highest BCUT2D eigenvalue weighted by Crippen LogP contribution is 2.31. The van der Waals surface area contributed by atoms with Gasteiger partial charge in [-0.2, -0.15) is 27.5 Å². The Morgan fingerprint density at radius 3 is 2.55 bits per heavy atom. The van der Waals surface area contributed by atoms with Crippen LogP contribution in [0.2, 0.25) is 5.02 Å². The number of rotatable bonds is 7. The molecule has 0 aromatic carbocycles. The SMILES string of the molecule is Cn1cc(Nc2ncc(Cl)c(N[C@@H]3COC4C3OC[C@@H]4NS(=O)(=O)N3CCCCC3)n2)cn1. The first-order valence-electron chi connectivity index (χ1n) is 10.9. The van der Waals surface area contributed by atoms with E-state index >= 15 is 0 Å². The summed E-state index contributed by atoms with van der Waals surface area (Å²) in [7, 11) is -1.76. The number of nitrogens with one attached hydrogen (secondary N) is 3. The molecule has 3 aliphatic heterocycles. The van der Waals surface area contributed by atoms with E-state index in [1.807, 2.05) is 7.05 Å². The number of hydrogen-bond donors (Lipinski definition) is 3. The first kappa shape index (κ1) is 22.7. The average Bonchev–Trinajstić information content (AvgIpc) is 3.50. The number of piperidine rings is 1. The highest BCUT2D eigenvalue weighted by Gasteiger charge is 2.49. The number of aryl methyl sites for hydroxylation is 1. The zero-order chi connectivity index (χ0) is 23.0. The van der Waals surface area contributed by atoms with E-state index in [0.29, 0.717) is 36.5 Å². The second-order valence-corrected chi connectivity index (χ2v) is 10.6. The Balaban J connectivity index is 1.23. The maximum absolute atomic E-state index is 12.8. The number of aromatic nitrogens is 4. The van der Waals surface area contributed by atoms with Gasteiger partial charge in [0, 0.05) is 26.3 Å². The average molecular weight is 499 g/mol. The molecule has 180 valence electrons. The number of ether oxygens (including phenoxy) is 2. The zero-order valence-electron chi connectivity index (χ0n) is 18.1. The fourth-order valence-electron chi connectivity index (χ4n) is 4.41. The van der Waals surface area contributed by atoms with Crippen molar-refractivity contribution in [2.24, 2.45) is 7.05 Å². The van der Waals surface area contributed by atoms with E-state index in [2.05, 4.69) is 30.4 Å². The molecular formula is C19H27ClN8O4S. The Hall–Kier alpha value is -2.03. The van der Waals surface area contributed by atoms with E-state index in [1.165, 1.54) is 10.5 Å². The van der Waals surface area contributed by atoms with Gasteiger partial charge in [0.15, 0.2) is 5.82 Å². The molecule has 2 aromatic rings. The molecule has 14 heteroatoms. The topological polar surface area (TPSA) is 136 Å². The van der Waals surface area contributed by atoms with Gasteiger partial charge in [-0.05, 0) is 12.8 Å². The summed E-state index contributed by atoms with van der Waals surface area (Å²) >= 11 is 6.32. The van der Waals surface area contributed by atoms with Crippen LogP contribution in [0.25, 0.3) is 0 Å². The van der Waals surface area contributed by atoms with Crippen molar-refractivity contribution >= 4 is 39.3 Å². The molecule has 0 bridgehead atoms. The largest absolute Gasteiger partial charge is 0.371 e. The third kappa shape index (κ3) is 4.93. The fraction of sp³-hybridized carbons (Fsp3) is 0.632. The number of halogens is 1. The van der Waals surface area contributed by atoms with Crippen molar-refractivity contribution in [3.63, 3.8) is 0 Å². The van der Waals surface area contributed by atoms with Crippen molar-refractivity contribution in [2.75, 3.05) is 36.9 Å². The second kappa shape index (κ2) is 9.31. The van der Waals surface area contributed by atoms with Gasteiger partial charge in [-0.1, -0.05) is 18.0 Å². The van der Waals surface area contributed by atoms with E-state index in [1.54, 1.807) is 17.1 Å². The lowest BCUT2D eigenvalue weighted by Crippen LogP contribution is -2.51. The first-order valence-corrected chi connectivity index (χ1v) is 12.8. The van der Waals surface area contributed by atoms with Gasteiger partial charge in [-0.3, -0.25) is 4.68 Å². The summed E-state index contributed by atoms with van der Waals surface area (Å²) in [4.78, 5) is 8.67. The minimum Gasteiger partial charge on any atom is -0.371 e. The van der Waals surface area contributed by atoms with Gasteiger partial charge < -0.3 is 20.1 Å². The first-order chi connectivity index (χ1) is 15.9. The Bertz CT molecular complexity index is 1090. The van der Waals surface area contributed by atoms with Crippen LogP contribution in [-0.4, -0.2) is 83.1 Å². The highest BCUT2D eigenvalue weighted by atomic mass is 35.5. The van der Waals surface area contributed by atoms with Crippen LogP contribution in [0.3, 0.4) is 0 Å². The lowest BCUT2D eigenvalue weighted by atomic mass is 10.1. The molecule has 5 heterocycles. The van der Waals surface area contributed by atoms with Crippen molar-refractivity contribution in [3.8, 4) is 0 Å². The maximum Gasteiger partial charge on any atom is 0.279 e. The summed E-state index contributed by atoms with van der Waals surface area (Å²) in [5, 5.41) is 10.8. The number of fused-ring (bicyclic) bond motifs is 1. The minimum atomic E-state index is -3.58. The molecule has 3 aliphatic rings. The van der Waals surface area contributed by atoms with Gasteiger partial charge in [-0.15, -0.1) is 0 Å². The van der Waals surface area contributed by atoms with E-state index < -0.39 is 22.4 Å². The minimum absolute atomic E-state index is 0.238. The Morgan fingerprint density at radius 1 is 1.09 bits per heavy atom. The van der Waals surface area contributed by atoms with Gasteiger partial charge in [0.25, 0.3) is 10.2 Å². The molecule has 5 rings (SSSR count). The number of anilines is 3.